The van der Waals surface area contributed by atoms with Crippen LogP contribution in [0.3, 0.4) is 0 Å². The largest absolute Gasteiger partial charge is 0.375 e. The first-order chi connectivity index (χ1) is 12.7. The zero-order chi connectivity index (χ0) is 17.8. The Morgan fingerprint density at radius 1 is 1.12 bits per heavy atom. The van der Waals surface area contributed by atoms with E-state index in [-0.39, 0.29) is 17.6 Å². The Bertz CT molecular complexity index is 601. The molecule has 0 aromatic heterocycles. The highest BCUT2D eigenvalue weighted by Crippen LogP contribution is 2.36. The molecule has 1 spiro atoms. The van der Waals surface area contributed by atoms with Crippen LogP contribution in [0.1, 0.15) is 37.7 Å². The maximum atomic E-state index is 12.8. The van der Waals surface area contributed by atoms with Gasteiger partial charge in [-0.25, -0.2) is 0 Å². The third kappa shape index (κ3) is 4.27. The molecule has 5 nitrogen and oxygen atoms in total. The summed E-state index contributed by atoms with van der Waals surface area (Å²) in [6.07, 6.45) is 5.14. The Kier molecular flexibility index (Phi) is 5.57. The summed E-state index contributed by atoms with van der Waals surface area (Å²) in [4.78, 5) is 17.3. The van der Waals surface area contributed by atoms with Crippen molar-refractivity contribution >= 4 is 5.91 Å². The molecule has 1 atom stereocenters. The van der Waals surface area contributed by atoms with Crippen molar-refractivity contribution in [2.75, 3.05) is 39.4 Å². The third-order valence-corrected chi connectivity index (χ3v) is 5.99. The Morgan fingerprint density at radius 3 is 2.73 bits per heavy atom. The van der Waals surface area contributed by atoms with Crippen molar-refractivity contribution in [3.05, 3.63) is 35.9 Å². The Balaban J connectivity index is 1.29. The third-order valence-electron chi connectivity index (χ3n) is 5.99. The summed E-state index contributed by atoms with van der Waals surface area (Å²) in [5.41, 5.74) is 1.26. The number of amides is 1. The normalized spacial score (nSPS) is 26.3. The summed E-state index contributed by atoms with van der Waals surface area (Å²) in [5, 5.41) is 0. The smallest absolute Gasteiger partial charge is 0.225 e. The molecule has 0 unspecified atom stereocenters. The first kappa shape index (κ1) is 18.0. The molecule has 5 heteroatoms. The number of morpholine rings is 2. The van der Waals surface area contributed by atoms with E-state index in [0.29, 0.717) is 19.6 Å². The molecular weight excluding hydrogens is 328 g/mol. The van der Waals surface area contributed by atoms with E-state index in [1.807, 2.05) is 11.0 Å². The fourth-order valence-corrected chi connectivity index (χ4v) is 4.59. The molecule has 0 bridgehead atoms. The molecule has 1 amide bonds. The molecule has 1 aromatic carbocycles. The molecule has 3 aliphatic rings. The summed E-state index contributed by atoms with van der Waals surface area (Å²) in [6, 6.07) is 10.5. The number of ether oxygens (including phenoxy) is 2. The molecule has 1 saturated carbocycles. The minimum atomic E-state index is -0.0549. The highest BCUT2D eigenvalue weighted by atomic mass is 16.5. The van der Waals surface area contributed by atoms with Gasteiger partial charge < -0.3 is 14.4 Å². The molecule has 2 saturated heterocycles. The number of carbonyl (C=O) groups is 1. The predicted molar refractivity (Wildman–Crippen MR) is 99.8 cm³/mol. The van der Waals surface area contributed by atoms with Crippen molar-refractivity contribution in [1.82, 2.24) is 9.80 Å². The number of hydrogen-bond donors (Lipinski definition) is 0. The average molecular weight is 358 g/mol. The Labute approximate surface area is 156 Å². The van der Waals surface area contributed by atoms with E-state index in [0.717, 1.165) is 45.6 Å². The number of carbonyl (C=O) groups excluding carboxylic acids is 1. The van der Waals surface area contributed by atoms with Gasteiger partial charge in [0.15, 0.2) is 0 Å². The van der Waals surface area contributed by atoms with E-state index in [1.165, 1.54) is 18.4 Å². The topological polar surface area (TPSA) is 42.0 Å². The van der Waals surface area contributed by atoms with Crippen LogP contribution in [0.15, 0.2) is 30.3 Å². The maximum Gasteiger partial charge on any atom is 0.225 e. The summed E-state index contributed by atoms with van der Waals surface area (Å²) < 4.78 is 12.0. The summed E-state index contributed by atoms with van der Waals surface area (Å²) in [7, 11) is 0. The minimum Gasteiger partial charge on any atom is -0.375 e. The number of benzene rings is 1. The fourth-order valence-electron chi connectivity index (χ4n) is 4.59. The van der Waals surface area contributed by atoms with Crippen LogP contribution in [0.2, 0.25) is 0 Å². The Morgan fingerprint density at radius 2 is 1.92 bits per heavy atom. The van der Waals surface area contributed by atoms with Gasteiger partial charge in [-0.1, -0.05) is 43.2 Å². The van der Waals surface area contributed by atoms with E-state index < -0.39 is 0 Å². The molecule has 0 radical (unpaired) electrons. The van der Waals surface area contributed by atoms with Gasteiger partial charge in [-0.15, -0.1) is 0 Å². The lowest BCUT2D eigenvalue weighted by Crippen LogP contribution is -2.53. The quantitative estimate of drug-likeness (QED) is 0.829. The molecule has 3 fully saturated rings. The van der Waals surface area contributed by atoms with Gasteiger partial charge in [-0.2, -0.15) is 0 Å². The maximum absolute atomic E-state index is 12.8. The van der Waals surface area contributed by atoms with Gasteiger partial charge in [-0.05, 0) is 18.4 Å². The monoisotopic (exact) mass is 358 g/mol. The molecule has 142 valence electrons. The van der Waals surface area contributed by atoms with Gasteiger partial charge >= 0.3 is 0 Å². The lowest BCUT2D eigenvalue weighted by Gasteiger charge is -2.41. The molecule has 2 aliphatic heterocycles. The van der Waals surface area contributed by atoms with Gasteiger partial charge in [0, 0.05) is 32.7 Å². The van der Waals surface area contributed by atoms with Crippen LogP contribution in [-0.4, -0.2) is 66.8 Å². The number of hydrogen-bond acceptors (Lipinski definition) is 4. The van der Waals surface area contributed by atoms with E-state index in [2.05, 4.69) is 29.2 Å². The molecular formula is C21H30N2O3. The van der Waals surface area contributed by atoms with Crippen molar-refractivity contribution in [1.29, 1.82) is 0 Å². The van der Waals surface area contributed by atoms with Crippen LogP contribution in [-0.2, 0) is 20.8 Å². The van der Waals surface area contributed by atoms with Crippen LogP contribution in [0.25, 0.3) is 0 Å². The molecule has 2 heterocycles. The molecule has 26 heavy (non-hydrogen) atoms. The summed E-state index contributed by atoms with van der Waals surface area (Å²) in [6.45, 7) is 5.56. The van der Waals surface area contributed by atoms with E-state index in [4.69, 9.17) is 9.47 Å². The van der Waals surface area contributed by atoms with Crippen molar-refractivity contribution < 1.29 is 14.3 Å². The zero-order valence-corrected chi connectivity index (χ0v) is 15.6. The molecule has 4 rings (SSSR count). The minimum absolute atomic E-state index is 0.00216. The van der Waals surface area contributed by atoms with Gasteiger partial charge in [0.1, 0.15) is 0 Å². The van der Waals surface area contributed by atoms with E-state index in [9.17, 15) is 4.79 Å². The van der Waals surface area contributed by atoms with Crippen LogP contribution in [0, 0.1) is 0 Å². The first-order valence-electron chi connectivity index (χ1n) is 10.0. The van der Waals surface area contributed by atoms with Gasteiger partial charge in [0.25, 0.3) is 0 Å². The molecule has 1 aliphatic carbocycles. The number of nitrogens with zero attached hydrogens (tertiary/aromatic N) is 2. The van der Waals surface area contributed by atoms with Gasteiger partial charge in [0.05, 0.1) is 31.3 Å². The lowest BCUT2D eigenvalue weighted by atomic mass is 9.99. The summed E-state index contributed by atoms with van der Waals surface area (Å²) in [5.74, 6) is 0.228. The van der Waals surface area contributed by atoms with Crippen LogP contribution in [0.5, 0.6) is 0 Å². The summed E-state index contributed by atoms with van der Waals surface area (Å²) >= 11 is 0. The van der Waals surface area contributed by atoms with Crippen molar-refractivity contribution in [2.45, 2.75) is 50.4 Å². The predicted octanol–water partition coefficient (Wildman–Crippen LogP) is 2.45. The van der Waals surface area contributed by atoms with Crippen LogP contribution >= 0.6 is 0 Å². The highest BCUT2D eigenvalue weighted by molar-refractivity contribution is 5.77. The van der Waals surface area contributed by atoms with Crippen LogP contribution in [0.4, 0.5) is 0 Å². The second kappa shape index (κ2) is 8.07. The zero-order valence-electron chi connectivity index (χ0n) is 15.6. The fraction of sp³-hybridized carbons (Fsp3) is 0.667. The number of rotatable bonds is 4. The van der Waals surface area contributed by atoms with Gasteiger partial charge in [-0.3, -0.25) is 9.69 Å². The Hall–Kier alpha value is -1.43. The highest BCUT2D eigenvalue weighted by Gasteiger charge is 2.40. The second-order valence-corrected chi connectivity index (χ2v) is 7.97. The lowest BCUT2D eigenvalue weighted by molar-refractivity contribution is -0.153. The van der Waals surface area contributed by atoms with Crippen molar-refractivity contribution in [2.24, 2.45) is 0 Å². The van der Waals surface area contributed by atoms with E-state index >= 15 is 0 Å². The van der Waals surface area contributed by atoms with Gasteiger partial charge in [0.2, 0.25) is 5.91 Å². The van der Waals surface area contributed by atoms with Crippen LogP contribution < -0.4 is 0 Å². The SMILES string of the molecule is O=C(C[C@@H]1CN(Cc2ccccc2)CCO1)N1CCOC2(CCCC2)C1. The van der Waals surface area contributed by atoms with E-state index in [1.54, 1.807) is 0 Å². The first-order valence-corrected chi connectivity index (χ1v) is 10.0. The average Bonchev–Trinajstić information content (AvgIpc) is 3.10. The molecule has 0 N–H and O–H groups in total. The second-order valence-electron chi connectivity index (χ2n) is 7.97. The molecule has 1 aromatic rings. The standard InChI is InChI=1S/C21H30N2O3/c24-20(23-11-13-26-21(17-23)8-4-5-9-21)14-19-16-22(10-12-25-19)15-18-6-2-1-3-7-18/h1-3,6-7,19H,4-5,8-17H2/t19-/m1/s1. The van der Waals surface area contributed by atoms with Crippen molar-refractivity contribution in [3.63, 3.8) is 0 Å². The van der Waals surface area contributed by atoms with Crippen molar-refractivity contribution in [3.8, 4) is 0 Å².